The smallest absolute Gasteiger partial charge is 0.191 e. The zero-order chi connectivity index (χ0) is 17.7. The summed E-state index contributed by atoms with van der Waals surface area (Å²) < 4.78 is 11.0. The number of benzene rings is 1. The second-order valence-corrected chi connectivity index (χ2v) is 6.18. The first-order valence-corrected chi connectivity index (χ1v) is 9.37. The van der Waals surface area contributed by atoms with Crippen LogP contribution in [0.15, 0.2) is 29.3 Å². The first kappa shape index (κ1) is 19.8. The normalized spacial score (nSPS) is 15.8. The van der Waals surface area contributed by atoms with Gasteiger partial charge in [0.05, 0.1) is 24.8 Å². The molecule has 0 spiro atoms. The zero-order valence-corrected chi connectivity index (χ0v) is 15.7. The van der Waals surface area contributed by atoms with Crippen molar-refractivity contribution in [3.05, 3.63) is 29.3 Å². The molecule has 6 nitrogen and oxygen atoms in total. The monoisotopic (exact) mass is 368 g/mol. The Kier molecular flexibility index (Phi) is 9.47. The van der Waals surface area contributed by atoms with Crippen molar-refractivity contribution in [2.75, 3.05) is 59.1 Å². The van der Waals surface area contributed by atoms with Gasteiger partial charge in [0.15, 0.2) is 5.96 Å². The number of halogens is 1. The molecule has 1 aliphatic rings. The van der Waals surface area contributed by atoms with Crippen molar-refractivity contribution in [3.63, 3.8) is 0 Å². The van der Waals surface area contributed by atoms with E-state index in [0.29, 0.717) is 23.9 Å². The Morgan fingerprint density at radius 1 is 1.28 bits per heavy atom. The third-order valence-electron chi connectivity index (χ3n) is 3.84. The summed E-state index contributed by atoms with van der Waals surface area (Å²) in [6.07, 6.45) is 1.05. The highest BCUT2D eigenvalue weighted by atomic mass is 35.5. The Morgan fingerprint density at radius 2 is 2.08 bits per heavy atom. The van der Waals surface area contributed by atoms with Gasteiger partial charge in [0.25, 0.3) is 0 Å². The van der Waals surface area contributed by atoms with Gasteiger partial charge in [0.2, 0.25) is 0 Å². The van der Waals surface area contributed by atoms with Gasteiger partial charge in [-0.25, -0.2) is 0 Å². The van der Waals surface area contributed by atoms with Crippen molar-refractivity contribution >= 4 is 17.6 Å². The minimum absolute atomic E-state index is 0.530. The number of hydrogen-bond donors (Lipinski definition) is 2. The number of nitrogens with zero attached hydrogens (tertiary/aromatic N) is 2. The SMILES string of the molecule is CCNC(=NCCCN1CCOCC1)NCCOc1ccccc1Cl. The van der Waals surface area contributed by atoms with Crippen molar-refractivity contribution in [2.45, 2.75) is 13.3 Å². The Morgan fingerprint density at radius 3 is 2.84 bits per heavy atom. The van der Waals surface area contributed by atoms with Gasteiger partial charge < -0.3 is 20.1 Å². The second kappa shape index (κ2) is 12.0. The summed E-state index contributed by atoms with van der Waals surface area (Å²) in [6, 6.07) is 7.49. The molecule has 0 atom stereocenters. The molecule has 140 valence electrons. The van der Waals surface area contributed by atoms with Gasteiger partial charge >= 0.3 is 0 Å². The molecule has 0 amide bonds. The van der Waals surface area contributed by atoms with Crippen LogP contribution in [0.3, 0.4) is 0 Å². The van der Waals surface area contributed by atoms with E-state index < -0.39 is 0 Å². The highest BCUT2D eigenvalue weighted by Crippen LogP contribution is 2.22. The number of aliphatic imine (C=N–C) groups is 1. The molecule has 1 aliphatic heterocycles. The number of nitrogens with one attached hydrogen (secondary N) is 2. The van der Waals surface area contributed by atoms with Crippen LogP contribution in [0.1, 0.15) is 13.3 Å². The van der Waals surface area contributed by atoms with Crippen molar-refractivity contribution in [3.8, 4) is 5.75 Å². The van der Waals surface area contributed by atoms with Gasteiger partial charge in [-0.05, 0) is 25.5 Å². The summed E-state index contributed by atoms with van der Waals surface area (Å²) in [6.45, 7) is 9.72. The summed E-state index contributed by atoms with van der Waals surface area (Å²) in [7, 11) is 0. The summed E-state index contributed by atoms with van der Waals surface area (Å²) in [5.74, 6) is 1.53. The van der Waals surface area contributed by atoms with Crippen LogP contribution in [0, 0.1) is 0 Å². The predicted octanol–water partition coefficient (Wildman–Crippen LogP) is 2.00. The number of rotatable bonds is 9. The fourth-order valence-electron chi connectivity index (χ4n) is 2.54. The van der Waals surface area contributed by atoms with Gasteiger partial charge in [0.1, 0.15) is 12.4 Å². The molecule has 1 heterocycles. The average molecular weight is 369 g/mol. The Hall–Kier alpha value is -1.50. The van der Waals surface area contributed by atoms with Gasteiger partial charge in [-0.15, -0.1) is 0 Å². The Bertz CT molecular complexity index is 522. The van der Waals surface area contributed by atoms with Gasteiger partial charge in [0, 0.05) is 32.7 Å². The molecule has 2 rings (SSSR count). The van der Waals surface area contributed by atoms with E-state index in [1.54, 1.807) is 0 Å². The fraction of sp³-hybridized carbons (Fsp3) is 0.611. The minimum atomic E-state index is 0.530. The Balaban J connectivity index is 1.64. The van der Waals surface area contributed by atoms with Crippen LogP contribution in [0.2, 0.25) is 5.02 Å². The summed E-state index contributed by atoms with van der Waals surface area (Å²) >= 11 is 6.07. The molecule has 0 aliphatic carbocycles. The minimum Gasteiger partial charge on any atom is -0.490 e. The van der Waals surface area contributed by atoms with Crippen molar-refractivity contribution in [1.82, 2.24) is 15.5 Å². The standard InChI is InChI=1S/C18H29ClN4O2/c1-2-20-18(21-8-5-10-23-11-14-24-15-12-23)22-9-13-25-17-7-4-3-6-16(17)19/h3-4,6-7H,2,5,8-15H2,1H3,(H2,20,21,22). The molecule has 1 aromatic carbocycles. The van der Waals surface area contributed by atoms with Crippen LogP contribution in [-0.4, -0.2) is 69.9 Å². The maximum Gasteiger partial charge on any atom is 0.191 e. The molecule has 0 bridgehead atoms. The van der Waals surface area contributed by atoms with Crippen molar-refractivity contribution < 1.29 is 9.47 Å². The van der Waals surface area contributed by atoms with Crippen LogP contribution in [-0.2, 0) is 4.74 Å². The third-order valence-corrected chi connectivity index (χ3v) is 4.15. The maximum absolute atomic E-state index is 6.07. The van der Waals surface area contributed by atoms with Crippen LogP contribution < -0.4 is 15.4 Å². The molecule has 0 saturated carbocycles. The van der Waals surface area contributed by atoms with E-state index in [2.05, 4.69) is 27.4 Å². The van der Waals surface area contributed by atoms with E-state index in [4.69, 9.17) is 21.1 Å². The topological polar surface area (TPSA) is 58.1 Å². The average Bonchev–Trinajstić information content (AvgIpc) is 2.64. The first-order valence-electron chi connectivity index (χ1n) is 8.99. The lowest BCUT2D eigenvalue weighted by Gasteiger charge is -2.26. The lowest BCUT2D eigenvalue weighted by Crippen LogP contribution is -2.40. The lowest BCUT2D eigenvalue weighted by atomic mass is 10.3. The number of para-hydroxylation sites is 1. The molecule has 2 N–H and O–H groups in total. The van der Waals surface area contributed by atoms with E-state index >= 15 is 0 Å². The van der Waals surface area contributed by atoms with Gasteiger partial charge in [-0.3, -0.25) is 9.89 Å². The third kappa shape index (κ3) is 7.94. The summed E-state index contributed by atoms with van der Waals surface area (Å²) in [5, 5.41) is 7.17. The van der Waals surface area contributed by atoms with E-state index in [9.17, 15) is 0 Å². The van der Waals surface area contributed by atoms with Gasteiger partial charge in [-0.1, -0.05) is 23.7 Å². The highest BCUT2D eigenvalue weighted by Gasteiger charge is 2.09. The quantitative estimate of drug-likeness (QED) is 0.396. The highest BCUT2D eigenvalue weighted by molar-refractivity contribution is 6.32. The molecule has 25 heavy (non-hydrogen) atoms. The van der Waals surface area contributed by atoms with E-state index in [-0.39, 0.29) is 0 Å². The van der Waals surface area contributed by atoms with Crippen LogP contribution in [0.25, 0.3) is 0 Å². The zero-order valence-electron chi connectivity index (χ0n) is 15.0. The summed E-state index contributed by atoms with van der Waals surface area (Å²) in [5.41, 5.74) is 0. The van der Waals surface area contributed by atoms with Crippen molar-refractivity contribution in [1.29, 1.82) is 0 Å². The number of morpholine rings is 1. The second-order valence-electron chi connectivity index (χ2n) is 5.77. The molecular formula is C18H29ClN4O2. The van der Waals surface area contributed by atoms with Crippen LogP contribution in [0.4, 0.5) is 0 Å². The largest absolute Gasteiger partial charge is 0.490 e. The van der Waals surface area contributed by atoms with Crippen LogP contribution >= 0.6 is 11.6 Å². The first-order chi connectivity index (χ1) is 12.3. The molecule has 0 aromatic heterocycles. The lowest BCUT2D eigenvalue weighted by molar-refractivity contribution is 0.0377. The van der Waals surface area contributed by atoms with Crippen LogP contribution in [0.5, 0.6) is 5.75 Å². The Labute approximate surface area is 155 Å². The number of hydrogen-bond acceptors (Lipinski definition) is 4. The predicted molar refractivity (Wildman–Crippen MR) is 103 cm³/mol. The molecule has 0 radical (unpaired) electrons. The van der Waals surface area contributed by atoms with Gasteiger partial charge in [-0.2, -0.15) is 0 Å². The summed E-state index contributed by atoms with van der Waals surface area (Å²) in [4.78, 5) is 7.04. The fourth-order valence-corrected chi connectivity index (χ4v) is 2.73. The van der Waals surface area contributed by atoms with Crippen molar-refractivity contribution in [2.24, 2.45) is 4.99 Å². The number of ether oxygens (including phenoxy) is 2. The molecule has 1 aromatic rings. The molecule has 7 heteroatoms. The molecule has 0 unspecified atom stereocenters. The molecule has 1 fully saturated rings. The van der Waals surface area contributed by atoms with E-state index in [1.807, 2.05) is 24.3 Å². The number of guanidine groups is 1. The van der Waals surface area contributed by atoms with E-state index in [0.717, 1.165) is 58.3 Å². The molecule has 1 saturated heterocycles. The maximum atomic E-state index is 6.07. The molecular weight excluding hydrogens is 340 g/mol. The van der Waals surface area contributed by atoms with E-state index in [1.165, 1.54) is 0 Å².